The van der Waals surface area contributed by atoms with Crippen molar-refractivity contribution >= 4 is 16.9 Å². The molecule has 0 saturated carbocycles. The molecule has 0 aliphatic rings. The third kappa shape index (κ3) is 2.37. The molecule has 0 aliphatic carbocycles. The highest BCUT2D eigenvalue weighted by Crippen LogP contribution is 2.36. The van der Waals surface area contributed by atoms with Gasteiger partial charge in [-0.25, -0.2) is 9.97 Å². The van der Waals surface area contributed by atoms with Crippen molar-refractivity contribution in [1.82, 2.24) is 15.0 Å². The molecule has 0 saturated heterocycles. The van der Waals surface area contributed by atoms with Crippen LogP contribution in [0.15, 0.2) is 42.6 Å². The van der Waals surface area contributed by atoms with Gasteiger partial charge >= 0.3 is 6.18 Å². The van der Waals surface area contributed by atoms with Crippen LogP contribution in [-0.2, 0) is 6.18 Å². The van der Waals surface area contributed by atoms with Crippen molar-refractivity contribution in [2.75, 3.05) is 5.73 Å². The van der Waals surface area contributed by atoms with Gasteiger partial charge in [0.05, 0.1) is 16.8 Å². The van der Waals surface area contributed by atoms with Crippen LogP contribution in [0.4, 0.5) is 19.1 Å². The van der Waals surface area contributed by atoms with Gasteiger partial charge in [0.25, 0.3) is 0 Å². The summed E-state index contributed by atoms with van der Waals surface area (Å²) in [6.07, 6.45) is -2.98. The van der Waals surface area contributed by atoms with Crippen molar-refractivity contribution in [3.05, 3.63) is 48.2 Å². The number of nitrogens with two attached hydrogens (primary N) is 1. The molecule has 4 nitrogen and oxygen atoms in total. The maximum Gasteiger partial charge on any atom is 0.418 e. The Morgan fingerprint density at radius 3 is 2.43 bits per heavy atom. The van der Waals surface area contributed by atoms with Gasteiger partial charge in [-0.1, -0.05) is 18.2 Å². The molecule has 0 spiro atoms. The number of para-hydroxylation sites is 1. The van der Waals surface area contributed by atoms with E-state index in [9.17, 15) is 13.2 Å². The van der Waals surface area contributed by atoms with Gasteiger partial charge in [-0.2, -0.15) is 13.2 Å². The number of aromatic nitrogens is 3. The Hall–Kier alpha value is -2.70. The van der Waals surface area contributed by atoms with E-state index in [1.54, 1.807) is 18.2 Å². The Balaban J connectivity index is 2.38. The van der Waals surface area contributed by atoms with Gasteiger partial charge in [-0.3, -0.25) is 4.98 Å². The van der Waals surface area contributed by atoms with Gasteiger partial charge in [0.15, 0.2) is 0 Å². The summed E-state index contributed by atoms with van der Waals surface area (Å²) in [7, 11) is 0. The number of alkyl halides is 3. The summed E-state index contributed by atoms with van der Waals surface area (Å²) in [6, 6.07) is 8.89. The zero-order valence-corrected chi connectivity index (χ0v) is 10.6. The summed E-state index contributed by atoms with van der Waals surface area (Å²) in [4.78, 5) is 11.9. The number of hydrogen-bond acceptors (Lipinski definition) is 4. The number of anilines is 1. The molecule has 2 aromatic heterocycles. The third-order valence-electron chi connectivity index (χ3n) is 2.96. The second-order valence-corrected chi connectivity index (χ2v) is 4.34. The number of halogens is 3. The Labute approximate surface area is 117 Å². The number of nitrogen functional groups attached to an aromatic ring is 1. The minimum absolute atomic E-state index is 0.222. The molecular weight excluding hydrogens is 281 g/mol. The van der Waals surface area contributed by atoms with Gasteiger partial charge in [0.2, 0.25) is 5.95 Å². The molecule has 0 aliphatic heterocycles. The molecule has 3 aromatic rings. The zero-order chi connectivity index (χ0) is 15.0. The summed E-state index contributed by atoms with van der Waals surface area (Å²) in [5.41, 5.74) is 5.21. The molecule has 0 fully saturated rings. The van der Waals surface area contributed by atoms with Crippen LogP contribution in [0.1, 0.15) is 5.56 Å². The van der Waals surface area contributed by atoms with Gasteiger partial charge in [-0.05, 0) is 18.2 Å². The molecule has 0 atom stereocenters. The molecule has 106 valence electrons. The second-order valence-electron chi connectivity index (χ2n) is 4.34. The van der Waals surface area contributed by atoms with Crippen molar-refractivity contribution < 1.29 is 13.2 Å². The maximum absolute atomic E-state index is 13.1. The van der Waals surface area contributed by atoms with E-state index in [1.165, 1.54) is 18.3 Å². The van der Waals surface area contributed by atoms with E-state index in [-0.39, 0.29) is 22.5 Å². The van der Waals surface area contributed by atoms with E-state index in [1.807, 2.05) is 0 Å². The van der Waals surface area contributed by atoms with E-state index < -0.39 is 11.7 Å². The van der Waals surface area contributed by atoms with Gasteiger partial charge in [0, 0.05) is 11.6 Å². The molecule has 0 amide bonds. The van der Waals surface area contributed by atoms with Gasteiger partial charge in [0.1, 0.15) is 5.69 Å². The van der Waals surface area contributed by atoms with Crippen molar-refractivity contribution in [3.63, 3.8) is 0 Å². The molecule has 2 N–H and O–H groups in total. The maximum atomic E-state index is 13.1. The second kappa shape index (κ2) is 4.69. The third-order valence-corrected chi connectivity index (χ3v) is 2.96. The van der Waals surface area contributed by atoms with Crippen LogP contribution in [0.2, 0.25) is 0 Å². The molecule has 1 aromatic carbocycles. The summed E-state index contributed by atoms with van der Waals surface area (Å²) < 4.78 is 39.2. The molecule has 0 bridgehead atoms. The topological polar surface area (TPSA) is 64.7 Å². The van der Waals surface area contributed by atoms with Gasteiger partial charge < -0.3 is 5.73 Å². The number of pyridine rings is 1. The van der Waals surface area contributed by atoms with Gasteiger partial charge in [-0.15, -0.1) is 0 Å². The van der Waals surface area contributed by atoms with Crippen LogP contribution in [0, 0.1) is 0 Å². The molecule has 2 heterocycles. The summed E-state index contributed by atoms with van der Waals surface area (Å²) in [5.74, 6) is -0.222. The van der Waals surface area contributed by atoms with Crippen LogP contribution >= 0.6 is 0 Å². The zero-order valence-electron chi connectivity index (χ0n) is 10.6. The Kier molecular flexibility index (Phi) is 2.97. The fraction of sp³-hybridized carbons (Fsp3) is 0.0714. The molecule has 0 unspecified atom stereocenters. The number of benzene rings is 1. The Morgan fingerprint density at radius 2 is 1.76 bits per heavy atom. The van der Waals surface area contributed by atoms with E-state index in [0.29, 0.717) is 5.69 Å². The summed E-state index contributed by atoms with van der Waals surface area (Å²) in [5, 5.41) is 0.262. The summed E-state index contributed by atoms with van der Waals surface area (Å²) >= 11 is 0. The van der Waals surface area contributed by atoms with Crippen LogP contribution in [0.3, 0.4) is 0 Å². The first-order chi connectivity index (χ1) is 9.97. The molecular formula is C14H9F3N4. The largest absolute Gasteiger partial charge is 0.418 e. The highest BCUT2D eigenvalue weighted by atomic mass is 19.4. The predicted octanol–water partition coefficient (Wildman–Crippen LogP) is 3.29. The van der Waals surface area contributed by atoms with Crippen LogP contribution in [0.25, 0.3) is 22.3 Å². The highest BCUT2D eigenvalue weighted by molar-refractivity contribution is 5.94. The minimum Gasteiger partial charge on any atom is -0.368 e. The van der Waals surface area contributed by atoms with Crippen molar-refractivity contribution in [1.29, 1.82) is 0 Å². The lowest BCUT2D eigenvalue weighted by atomic mass is 10.1. The predicted molar refractivity (Wildman–Crippen MR) is 72.2 cm³/mol. The van der Waals surface area contributed by atoms with Crippen molar-refractivity contribution in [2.45, 2.75) is 6.18 Å². The highest BCUT2D eigenvalue weighted by Gasteiger charge is 2.33. The van der Waals surface area contributed by atoms with Crippen molar-refractivity contribution in [2.24, 2.45) is 0 Å². The average molecular weight is 290 g/mol. The average Bonchev–Trinajstić information content (AvgIpc) is 2.45. The normalized spacial score (nSPS) is 11.8. The molecule has 21 heavy (non-hydrogen) atoms. The number of nitrogens with zero attached hydrogens (tertiary/aromatic N) is 3. The van der Waals surface area contributed by atoms with Crippen LogP contribution in [0.5, 0.6) is 0 Å². The molecule has 0 radical (unpaired) electrons. The van der Waals surface area contributed by atoms with E-state index in [2.05, 4.69) is 15.0 Å². The first-order valence-electron chi connectivity index (χ1n) is 6.01. The minimum atomic E-state index is -4.51. The number of rotatable bonds is 1. The molecule has 3 rings (SSSR count). The fourth-order valence-electron chi connectivity index (χ4n) is 2.10. The van der Waals surface area contributed by atoms with E-state index in [0.717, 1.165) is 6.07 Å². The lowest BCUT2D eigenvalue weighted by Crippen LogP contribution is -2.08. The standard InChI is InChI=1S/C14H9F3N4/c15-14(16,17)9-5-3-4-8-11(9)20-13(18)21-12(8)10-6-1-2-7-19-10/h1-7H,(H2,18,20,21). The number of hydrogen-bond donors (Lipinski definition) is 1. The quantitative estimate of drug-likeness (QED) is 0.747. The summed E-state index contributed by atoms with van der Waals surface area (Å²) in [6.45, 7) is 0. The first kappa shape index (κ1) is 13.3. The fourth-order valence-corrected chi connectivity index (χ4v) is 2.10. The lowest BCUT2D eigenvalue weighted by molar-refractivity contribution is -0.136. The smallest absolute Gasteiger partial charge is 0.368 e. The SMILES string of the molecule is Nc1nc(-c2ccccn2)c2cccc(C(F)(F)F)c2n1. The Morgan fingerprint density at radius 1 is 0.952 bits per heavy atom. The van der Waals surface area contributed by atoms with Crippen LogP contribution < -0.4 is 5.73 Å². The van der Waals surface area contributed by atoms with E-state index in [4.69, 9.17) is 5.73 Å². The molecule has 7 heteroatoms. The lowest BCUT2D eigenvalue weighted by Gasteiger charge is -2.12. The Bertz CT molecular complexity index is 800. The van der Waals surface area contributed by atoms with E-state index >= 15 is 0 Å². The first-order valence-corrected chi connectivity index (χ1v) is 6.01. The monoisotopic (exact) mass is 290 g/mol. The van der Waals surface area contributed by atoms with Crippen molar-refractivity contribution in [3.8, 4) is 11.4 Å². The number of fused-ring (bicyclic) bond motifs is 1. The van der Waals surface area contributed by atoms with Crippen LogP contribution in [-0.4, -0.2) is 15.0 Å².